The quantitative estimate of drug-likeness (QED) is 0.838. The van der Waals surface area contributed by atoms with E-state index in [1.54, 1.807) is 0 Å². The predicted molar refractivity (Wildman–Crippen MR) is 75.7 cm³/mol. The van der Waals surface area contributed by atoms with Gasteiger partial charge in [0, 0.05) is 18.7 Å². The Morgan fingerprint density at radius 1 is 1.33 bits per heavy atom. The molecule has 0 heterocycles. The molecule has 2 heteroatoms. The van der Waals surface area contributed by atoms with E-state index in [1.807, 2.05) is 0 Å². The number of aliphatic hydroxyl groups is 1. The number of aliphatic hydroxyl groups excluding tert-OH is 1. The smallest absolute Gasteiger partial charge is 0.0445 e. The van der Waals surface area contributed by atoms with Crippen LogP contribution in [0.2, 0.25) is 0 Å². The molecule has 0 spiro atoms. The summed E-state index contributed by atoms with van der Waals surface area (Å²) in [5.74, 6) is 0.650. The maximum absolute atomic E-state index is 8.96. The highest BCUT2D eigenvalue weighted by atomic mass is 16.3. The molecule has 0 bridgehead atoms. The lowest BCUT2D eigenvalue weighted by molar-refractivity contribution is 0.0587. The Morgan fingerprint density at radius 3 is 2.56 bits per heavy atom. The average molecular weight is 247 g/mol. The Kier molecular flexibility index (Phi) is 4.08. The Hall–Kier alpha value is -0.860. The van der Waals surface area contributed by atoms with E-state index in [0.717, 1.165) is 6.42 Å². The first-order valence-corrected chi connectivity index (χ1v) is 6.97. The van der Waals surface area contributed by atoms with Gasteiger partial charge >= 0.3 is 0 Å². The van der Waals surface area contributed by atoms with E-state index in [4.69, 9.17) is 5.11 Å². The Labute approximate surface area is 110 Å². The third kappa shape index (κ3) is 2.60. The summed E-state index contributed by atoms with van der Waals surface area (Å²) in [6, 6.07) is 11.8. The summed E-state index contributed by atoms with van der Waals surface area (Å²) in [6.45, 7) is 7.11. The van der Waals surface area contributed by atoms with Gasteiger partial charge in [-0.05, 0) is 36.7 Å². The van der Waals surface area contributed by atoms with E-state index in [0.29, 0.717) is 23.4 Å². The van der Waals surface area contributed by atoms with Gasteiger partial charge in [0.05, 0.1) is 0 Å². The van der Waals surface area contributed by atoms with Gasteiger partial charge in [0.1, 0.15) is 0 Å². The minimum atomic E-state index is 0.267. The highest BCUT2D eigenvalue weighted by molar-refractivity contribution is 5.27. The Balaban J connectivity index is 1.97. The summed E-state index contributed by atoms with van der Waals surface area (Å²) in [4.78, 5) is 0. The lowest BCUT2D eigenvalue weighted by Gasteiger charge is -2.54. The monoisotopic (exact) mass is 247 g/mol. The number of hydrogen-bond acceptors (Lipinski definition) is 2. The van der Waals surface area contributed by atoms with Gasteiger partial charge in [0.25, 0.3) is 0 Å². The SMILES string of the molecule is C[C@H](CCO)N[C@H]1C[C@@H](c2ccccc2)C1(C)C. The molecule has 18 heavy (non-hydrogen) atoms. The van der Waals surface area contributed by atoms with Crippen LogP contribution in [0, 0.1) is 5.41 Å². The minimum Gasteiger partial charge on any atom is -0.396 e. The summed E-state index contributed by atoms with van der Waals surface area (Å²) >= 11 is 0. The highest BCUT2D eigenvalue weighted by Crippen LogP contribution is 2.52. The van der Waals surface area contributed by atoms with Crippen molar-refractivity contribution in [2.45, 2.75) is 51.6 Å². The molecule has 2 nitrogen and oxygen atoms in total. The Morgan fingerprint density at radius 2 is 2.00 bits per heavy atom. The van der Waals surface area contributed by atoms with Crippen molar-refractivity contribution < 1.29 is 5.11 Å². The molecule has 1 aliphatic rings. The molecule has 3 atom stereocenters. The molecular formula is C16H25NO. The van der Waals surface area contributed by atoms with Crippen LogP contribution in [0.1, 0.15) is 45.1 Å². The van der Waals surface area contributed by atoms with Gasteiger partial charge in [-0.1, -0.05) is 44.2 Å². The molecule has 2 rings (SSSR count). The topological polar surface area (TPSA) is 32.3 Å². The molecular weight excluding hydrogens is 222 g/mol. The fourth-order valence-corrected chi connectivity index (χ4v) is 3.08. The average Bonchev–Trinajstić information content (AvgIpc) is 2.35. The Bertz CT molecular complexity index is 374. The van der Waals surface area contributed by atoms with E-state index in [9.17, 15) is 0 Å². The van der Waals surface area contributed by atoms with Crippen LogP contribution in [0.15, 0.2) is 30.3 Å². The zero-order valence-electron chi connectivity index (χ0n) is 11.7. The number of benzene rings is 1. The third-order valence-electron chi connectivity index (χ3n) is 4.52. The number of hydrogen-bond donors (Lipinski definition) is 2. The molecule has 1 aliphatic carbocycles. The maximum Gasteiger partial charge on any atom is 0.0445 e. The van der Waals surface area contributed by atoms with E-state index in [2.05, 4.69) is 56.4 Å². The van der Waals surface area contributed by atoms with Crippen molar-refractivity contribution in [1.29, 1.82) is 0 Å². The molecule has 0 radical (unpaired) electrons. The maximum atomic E-state index is 8.96. The molecule has 2 N–H and O–H groups in total. The van der Waals surface area contributed by atoms with Gasteiger partial charge < -0.3 is 10.4 Å². The van der Waals surface area contributed by atoms with Crippen LogP contribution >= 0.6 is 0 Å². The van der Waals surface area contributed by atoms with E-state index in [-0.39, 0.29) is 6.61 Å². The number of nitrogens with one attached hydrogen (secondary N) is 1. The summed E-state index contributed by atoms with van der Waals surface area (Å²) in [5, 5.41) is 12.6. The minimum absolute atomic E-state index is 0.267. The largest absolute Gasteiger partial charge is 0.396 e. The molecule has 0 aromatic heterocycles. The van der Waals surface area contributed by atoms with E-state index >= 15 is 0 Å². The van der Waals surface area contributed by atoms with Crippen molar-refractivity contribution in [3.63, 3.8) is 0 Å². The lowest BCUT2D eigenvalue weighted by Crippen LogP contribution is -2.57. The van der Waals surface area contributed by atoms with Crippen LogP contribution in [-0.4, -0.2) is 23.8 Å². The first kappa shape index (κ1) is 13.6. The first-order valence-electron chi connectivity index (χ1n) is 6.97. The van der Waals surface area contributed by atoms with Gasteiger partial charge in [-0.3, -0.25) is 0 Å². The van der Waals surface area contributed by atoms with E-state index in [1.165, 1.54) is 12.0 Å². The van der Waals surface area contributed by atoms with Crippen LogP contribution in [0.5, 0.6) is 0 Å². The first-order chi connectivity index (χ1) is 8.55. The molecule has 0 aliphatic heterocycles. The van der Waals surface area contributed by atoms with Gasteiger partial charge in [-0.25, -0.2) is 0 Å². The van der Waals surface area contributed by atoms with Crippen molar-refractivity contribution >= 4 is 0 Å². The molecule has 1 aromatic carbocycles. The lowest BCUT2D eigenvalue weighted by atomic mass is 9.56. The second-order valence-corrected chi connectivity index (χ2v) is 6.15. The van der Waals surface area contributed by atoms with Crippen molar-refractivity contribution in [2.24, 2.45) is 5.41 Å². The second kappa shape index (κ2) is 5.41. The van der Waals surface area contributed by atoms with Crippen molar-refractivity contribution in [1.82, 2.24) is 5.32 Å². The van der Waals surface area contributed by atoms with Crippen LogP contribution in [0.3, 0.4) is 0 Å². The van der Waals surface area contributed by atoms with Crippen LogP contribution < -0.4 is 5.32 Å². The zero-order valence-corrected chi connectivity index (χ0v) is 11.7. The van der Waals surface area contributed by atoms with Crippen LogP contribution in [-0.2, 0) is 0 Å². The van der Waals surface area contributed by atoms with Gasteiger partial charge in [0.2, 0.25) is 0 Å². The molecule has 1 saturated carbocycles. The number of rotatable bonds is 5. The molecule has 1 fully saturated rings. The third-order valence-corrected chi connectivity index (χ3v) is 4.52. The predicted octanol–water partition coefficient (Wildman–Crippen LogP) is 2.93. The standard InChI is InChI=1S/C16H25NO/c1-12(9-10-18)17-15-11-14(16(15,2)3)13-7-5-4-6-8-13/h4-8,12,14-15,17-18H,9-11H2,1-3H3/t12-,14+,15+/m1/s1. The molecule has 100 valence electrons. The fraction of sp³-hybridized carbons (Fsp3) is 0.625. The zero-order chi connectivity index (χ0) is 13.2. The van der Waals surface area contributed by atoms with Crippen LogP contribution in [0.4, 0.5) is 0 Å². The van der Waals surface area contributed by atoms with Crippen molar-refractivity contribution in [3.05, 3.63) is 35.9 Å². The second-order valence-electron chi connectivity index (χ2n) is 6.15. The van der Waals surface area contributed by atoms with Crippen molar-refractivity contribution in [3.8, 4) is 0 Å². The molecule has 0 saturated heterocycles. The van der Waals surface area contributed by atoms with Gasteiger partial charge in [-0.2, -0.15) is 0 Å². The van der Waals surface area contributed by atoms with Crippen molar-refractivity contribution in [2.75, 3.05) is 6.61 Å². The molecule has 0 unspecified atom stereocenters. The summed E-state index contributed by atoms with van der Waals surface area (Å²) in [6.07, 6.45) is 2.04. The molecule has 1 aromatic rings. The summed E-state index contributed by atoms with van der Waals surface area (Å²) < 4.78 is 0. The molecule has 0 amide bonds. The van der Waals surface area contributed by atoms with Gasteiger partial charge in [0.15, 0.2) is 0 Å². The van der Waals surface area contributed by atoms with Crippen LogP contribution in [0.25, 0.3) is 0 Å². The normalized spacial score (nSPS) is 27.6. The van der Waals surface area contributed by atoms with Gasteiger partial charge in [-0.15, -0.1) is 0 Å². The highest BCUT2D eigenvalue weighted by Gasteiger charge is 2.48. The summed E-state index contributed by atoms with van der Waals surface area (Å²) in [7, 11) is 0. The summed E-state index contributed by atoms with van der Waals surface area (Å²) in [5.41, 5.74) is 1.75. The van der Waals surface area contributed by atoms with E-state index < -0.39 is 0 Å². The fourth-order valence-electron chi connectivity index (χ4n) is 3.08.